The predicted molar refractivity (Wildman–Crippen MR) is 117 cm³/mol. The minimum Gasteiger partial charge on any atom is -0.393 e. The number of aliphatic hydroxyl groups is 1. The molecule has 2 heteroatoms. The molecule has 0 aromatic heterocycles. The Hall–Kier alpha value is -0.630. The number of fused-ring (bicyclic) bond motifs is 5. The van der Waals surface area contributed by atoms with Crippen LogP contribution in [0.5, 0.6) is 0 Å². The van der Waals surface area contributed by atoms with Crippen molar-refractivity contribution in [1.29, 1.82) is 0 Å². The van der Waals surface area contributed by atoms with Crippen LogP contribution in [0.15, 0.2) is 11.6 Å². The maximum Gasteiger partial charge on any atom is 0.139 e. The zero-order chi connectivity index (χ0) is 20.2. The Kier molecular flexibility index (Phi) is 5.25. The Balaban J connectivity index is 1.32. The van der Waals surface area contributed by atoms with Crippen molar-refractivity contribution >= 4 is 5.78 Å². The van der Waals surface area contributed by atoms with Crippen LogP contribution in [0.1, 0.15) is 104 Å². The summed E-state index contributed by atoms with van der Waals surface area (Å²) in [4.78, 5) is 12.6. The van der Waals surface area contributed by atoms with E-state index in [1.165, 1.54) is 57.8 Å². The number of carbonyl (C=O) groups excluding carboxylic acids is 1. The van der Waals surface area contributed by atoms with E-state index in [9.17, 15) is 9.90 Å². The molecule has 0 aliphatic heterocycles. The normalized spacial score (nSPS) is 49.6. The first-order valence-electron chi connectivity index (χ1n) is 12.8. The van der Waals surface area contributed by atoms with E-state index in [4.69, 9.17) is 0 Å². The first kappa shape index (κ1) is 20.3. The van der Waals surface area contributed by atoms with Gasteiger partial charge in [0.05, 0.1) is 6.10 Å². The van der Waals surface area contributed by atoms with Gasteiger partial charge in [-0.05, 0) is 86.4 Å². The van der Waals surface area contributed by atoms with Crippen molar-refractivity contribution in [3.05, 3.63) is 11.6 Å². The van der Waals surface area contributed by atoms with Crippen LogP contribution in [0.3, 0.4) is 0 Å². The smallest absolute Gasteiger partial charge is 0.139 e. The third kappa shape index (κ3) is 3.27. The van der Waals surface area contributed by atoms with Gasteiger partial charge in [-0.25, -0.2) is 0 Å². The van der Waals surface area contributed by atoms with Gasteiger partial charge in [0.15, 0.2) is 0 Å². The standard InChI is InChI=1S/C27H42O2/c1-26-14-12-19(9-8-18-6-4-3-5-7-18)16-23(26)24(28)17-20-21-10-11-25(29)27(21,2)15-13-22(20)26/h9,18,20-24,28H,3-8,10-17H2,1-2H3/b19-9-/t20?,21?,22?,23?,24?,26-,27+/m1/s1. The molecule has 5 aliphatic carbocycles. The maximum absolute atomic E-state index is 12.6. The first-order chi connectivity index (χ1) is 13.9. The van der Waals surface area contributed by atoms with E-state index in [-0.39, 0.29) is 16.9 Å². The van der Waals surface area contributed by atoms with E-state index in [1.807, 2.05) is 0 Å². The average molecular weight is 399 g/mol. The van der Waals surface area contributed by atoms with Gasteiger partial charge in [-0.1, -0.05) is 57.6 Å². The fourth-order valence-electron chi connectivity index (χ4n) is 8.86. The summed E-state index contributed by atoms with van der Waals surface area (Å²) in [5, 5.41) is 11.3. The van der Waals surface area contributed by atoms with E-state index in [2.05, 4.69) is 19.9 Å². The average Bonchev–Trinajstić information content (AvgIpc) is 3.03. The van der Waals surface area contributed by atoms with Crippen LogP contribution in [-0.4, -0.2) is 17.0 Å². The highest BCUT2D eigenvalue weighted by atomic mass is 16.3. The Morgan fingerprint density at radius 3 is 2.55 bits per heavy atom. The Labute approximate surface area is 177 Å². The van der Waals surface area contributed by atoms with E-state index < -0.39 is 0 Å². The number of ketones is 1. The van der Waals surface area contributed by atoms with Crippen molar-refractivity contribution in [3.8, 4) is 0 Å². The van der Waals surface area contributed by atoms with E-state index in [1.54, 1.807) is 5.57 Å². The molecular formula is C27H42O2. The second-order valence-electron chi connectivity index (χ2n) is 12.0. The van der Waals surface area contributed by atoms with Crippen molar-refractivity contribution in [3.63, 3.8) is 0 Å². The molecule has 0 heterocycles. The van der Waals surface area contributed by atoms with Crippen LogP contribution in [0.4, 0.5) is 0 Å². The summed E-state index contributed by atoms with van der Waals surface area (Å²) < 4.78 is 0. The van der Waals surface area contributed by atoms with Crippen LogP contribution >= 0.6 is 0 Å². The molecule has 7 atom stereocenters. The van der Waals surface area contributed by atoms with Crippen LogP contribution in [0, 0.1) is 40.4 Å². The highest BCUT2D eigenvalue weighted by Gasteiger charge is 2.61. The Bertz CT molecular complexity index is 674. The monoisotopic (exact) mass is 398 g/mol. The number of rotatable bonds is 2. The number of carbonyl (C=O) groups is 1. The zero-order valence-electron chi connectivity index (χ0n) is 18.8. The summed E-state index contributed by atoms with van der Waals surface area (Å²) in [5.74, 6) is 3.70. The molecule has 1 N–H and O–H groups in total. The minimum atomic E-state index is -0.169. The van der Waals surface area contributed by atoms with E-state index >= 15 is 0 Å². The van der Waals surface area contributed by atoms with E-state index in [0.717, 1.165) is 43.9 Å². The third-order valence-electron chi connectivity index (χ3n) is 10.7. The summed E-state index contributed by atoms with van der Waals surface area (Å²) in [6.07, 6.45) is 19.6. The molecule has 0 saturated heterocycles. The molecule has 0 aromatic rings. The number of allylic oxidation sites excluding steroid dienone is 2. The molecule has 0 aromatic carbocycles. The second kappa shape index (κ2) is 7.50. The highest BCUT2D eigenvalue weighted by Crippen LogP contribution is 2.65. The lowest BCUT2D eigenvalue weighted by molar-refractivity contribution is -0.155. The van der Waals surface area contributed by atoms with Crippen molar-refractivity contribution in [2.75, 3.05) is 0 Å². The van der Waals surface area contributed by atoms with Crippen LogP contribution in [0.25, 0.3) is 0 Å². The fourth-order valence-corrected chi connectivity index (χ4v) is 8.86. The van der Waals surface area contributed by atoms with Crippen molar-refractivity contribution < 1.29 is 9.90 Å². The maximum atomic E-state index is 12.6. The predicted octanol–water partition coefficient (Wildman–Crippen LogP) is 6.47. The van der Waals surface area contributed by atoms with Gasteiger partial charge in [-0.2, -0.15) is 0 Å². The van der Waals surface area contributed by atoms with Gasteiger partial charge in [0.1, 0.15) is 5.78 Å². The lowest BCUT2D eigenvalue weighted by Crippen LogP contribution is -2.57. The lowest BCUT2D eigenvalue weighted by atomic mass is 9.44. The highest BCUT2D eigenvalue weighted by molar-refractivity contribution is 5.87. The number of hydrogen-bond acceptors (Lipinski definition) is 2. The summed E-state index contributed by atoms with van der Waals surface area (Å²) in [5.41, 5.74) is 1.84. The molecule has 0 bridgehead atoms. The zero-order valence-corrected chi connectivity index (χ0v) is 18.8. The number of aliphatic hydroxyl groups excluding tert-OH is 1. The molecule has 5 fully saturated rings. The number of Topliss-reactive ketones (excluding diaryl/α,β-unsaturated/α-hetero) is 1. The van der Waals surface area contributed by atoms with Gasteiger partial charge in [0.25, 0.3) is 0 Å². The molecule has 5 saturated carbocycles. The summed E-state index contributed by atoms with van der Waals surface area (Å²) in [7, 11) is 0. The van der Waals surface area contributed by atoms with Crippen LogP contribution < -0.4 is 0 Å². The van der Waals surface area contributed by atoms with Crippen LogP contribution in [0.2, 0.25) is 0 Å². The van der Waals surface area contributed by atoms with Crippen molar-refractivity contribution in [1.82, 2.24) is 0 Å². The molecule has 5 unspecified atom stereocenters. The van der Waals surface area contributed by atoms with Crippen molar-refractivity contribution in [2.24, 2.45) is 40.4 Å². The molecule has 0 spiro atoms. The van der Waals surface area contributed by atoms with Gasteiger partial charge in [-0.15, -0.1) is 0 Å². The van der Waals surface area contributed by atoms with Gasteiger partial charge in [-0.3, -0.25) is 4.79 Å². The molecule has 5 rings (SSSR count). The lowest BCUT2D eigenvalue weighted by Gasteiger charge is -2.61. The largest absolute Gasteiger partial charge is 0.393 e. The van der Waals surface area contributed by atoms with Gasteiger partial charge in [0.2, 0.25) is 0 Å². The van der Waals surface area contributed by atoms with Gasteiger partial charge >= 0.3 is 0 Å². The topological polar surface area (TPSA) is 37.3 Å². The second-order valence-corrected chi connectivity index (χ2v) is 12.0. The molecular weight excluding hydrogens is 356 g/mol. The summed E-state index contributed by atoms with van der Waals surface area (Å²) in [6.45, 7) is 4.76. The Morgan fingerprint density at radius 2 is 1.76 bits per heavy atom. The first-order valence-corrected chi connectivity index (χ1v) is 12.8. The van der Waals surface area contributed by atoms with Crippen molar-refractivity contribution in [2.45, 2.75) is 110 Å². The third-order valence-corrected chi connectivity index (χ3v) is 10.7. The summed E-state index contributed by atoms with van der Waals surface area (Å²) in [6, 6.07) is 0. The molecule has 2 nitrogen and oxygen atoms in total. The number of hydrogen-bond donors (Lipinski definition) is 1. The van der Waals surface area contributed by atoms with Crippen LogP contribution in [-0.2, 0) is 4.79 Å². The van der Waals surface area contributed by atoms with E-state index in [0.29, 0.717) is 23.5 Å². The molecule has 0 radical (unpaired) electrons. The fraction of sp³-hybridized carbons (Fsp3) is 0.889. The molecule has 0 amide bonds. The molecule has 162 valence electrons. The minimum absolute atomic E-state index is 0.0796. The molecule has 29 heavy (non-hydrogen) atoms. The van der Waals surface area contributed by atoms with Gasteiger partial charge < -0.3 is 5.11 Å². The molecule has 5 aliphatic rings. The van der Waals surface area contributed by atoms with Gasteiger partial charge in [0, 0.05) is 11.8 Å². The quantitative estimate of drug-likeness (QED) is 0.542. The SMILES string of the molecule is C[C@]12CC/C(=C/CC3CCCCC3)CC1C(O)CC1C2CC[C@]2(C)C(=O)CCC12. The Morgan fingerprint density at radius 1 is 0.966 bits per heavy atom. The summed E-state index contributed by atoms with van der Waals surface area (Å²) >= 11 is 0.